The highest BCUT2D eigenvalue weighted by molar-refractivity contribution is 5.85. The topological polar surface area (TPSA) is 47.1 Å². The van der Waals surface area contributed by atoms with Crippen molar-refractivity contribution in [2.75, 3.05) is 13.1 Å². The van der Waals surface area contributed by atoms with Gasteiger partial charge < -0.3 is 5.73 Å². The predicted octanol–water partition coefficient (Wildman–Crippen LogP) is 2.11. The first-order valence-electron chi connectivity index (χ1n) is 6.60. The number of likely N-dealkylation sites (tertiary alicyclic amines) is 1. The molecule has 21 heavy (non-hydrogen) atoms. The Hall–Kier alpha value is -1.50. The lowest BCUT2D eigenvalue weighted by atomic mass is 10.3. The minimum atomic E-state index is -0.622. The molecule has 1 fully saturated rings. The van der Waals surface area contributed by atoms with Crippen molar-refractivity contribution in [2.45, 2.75) is 19.0 Å². The molecule has 114 valence electrons. The molecule has 1 saturated heterocycles. The van der Waals surface area contributed by atoms with Crippen molar-refractivity contribution >= 4 is 12.4 Å². The summed E-state index contributed by atoms with van der Waals surface area (Å²) in [6.45, 7) is 2.51. The third-order valence-corrected chi connectivity index (χ3v) is 3.50. The van der Waals surface area contributed by atoms with Crippen LogP contribution in [-0.2, 0) is 6.54 Å². The van der Waals surface area contributed by atoms with Gasteiger partial charge in [-0.1, -0.05) is 0 Å². The summed E-state index contributed by atoms with van der Waals surface area (Å²) in [6.07, 6.45) is 2.68. The second kappa shape index (κ2) is 6.51. The van der Waals surface area contributed by atoms with E-state index in [0.29, 0.717) is 6.54 Å². The Morgan fingerprint density at radius 3 is 2.76 bits per heavy atom. The van der Waals surface area contributed by atoms with E-state index in [2.05, 4.69) is 10.00 Å². The third kappa shape index (κ3) is 3.58. The van der Waals surface area contributed by atoms with E-state index in [1.165, 1.54) is 16.8 Å². The fourth-order valence-electron chi connectivity index (χ4n) is 2.48. The van der Waals surface area contributed by atoms with Crippen LogP contribution >= 0.6 is 12.4 Å². The van der Waals surface area contributed by atoms with E-state index in [9.17, 15) is 8.78 Å². The molecule has 0 radical (unpaired) electrons. The summed E-state index contributed by atoms with van der Waals surface area (Å²) < 4.78 is 28.0. The van der Waals surface area contributed by atoms with Crippen molar-refractivity contribution in [1.29, 1.82) is 0 Å². The minimum Gasteiger partial charge on any atom is -0.326 e. The minimum absolute atomic E-state index is 0. The Morgan fingerprint density at radius 1 is 1.29 bits per heavy atom. The molecule has 0 unspecified atom stereocenters. The van der Waals surface area contributed by atoms with E-state index in [1.807, 2.05) is 6.07 Å². The van der Waals surface area contributed by atoms with Crippen LogP contribution in [0.1, 0.15) is 12.1 Å². The van der Waals surface area contributed by atoms with Crippen molar-refractivity contribution in [3.63, 3.8) is 0 Å². The highest BCUT2D eigenvalue weighted by atomic mass is 35.5. The first-order valence-corrected chi connectivity index (χ1v) is 6.60. The number of aromatic nitrogens is 2. The maximum atomic E-state index is 13.7. The molecule has 1 atom stereocenters. The van der Waals surface area contributed by atoms with Crippen LogP contribution in [0.3, 0.4) is 0 Å². The van der Waals surface area contributed by atoms with Gasteiger partial charge in [-0.2, -0.15) is 5.10 Å². The van der Waals surface area contributed by atoms with Crippen LogP contribution in [0.15, 0.2) is 30.5 Å². The Bertz CT molecular complexity index is 617. The summed E-state index contributed by atoms with van der Waals surface area (Å²) in [5, 5.41) is 4.33. The number of hydrogen-bond acceptors (Lipinski definition) is 3. The van der Waals surface area contributed by atoms with Gasteiger partial charge in [0, 0.05) is 37.9 Å². The van der Waals surface area contributed by atoms with Gasteiger partial charge in [-0.05, 0) is 24.6 Å². The summed E-state index contributed by atoms with van der Waals surface area (Å²) in [5.41, 5.74) is 6.95. The molecule has 7 heteroatoms. The Labute approximate surface area is 127 Å². The van der Waals surface area contributed by atoms with Gasteiger partial charge in [0.15, 0.2) is 5.82 Å². The average molecular weight is 315 g/mol. The van der Waals surface area contributed by atoms with Crippen LogP contribution in [-0.4, -0.2) is 33.8 Å². The molecule has 2 N–H and O–H groups in total. The molecule has 0 amide bonds. The van der Waals surface area contributed by atoms with E-state index < -0.39 is 11.6 Å². The number of benzene rings is 1. The van der Waals surface area contributed by atoms with Gasteiger partial charge >= 0.3 is 0 Å². The van der Waals surface area contributed by atoms with Crippen molar-refractivity contribution in [3.05, 3.63) is 47.8 Å². The largest absolute Gasteiger partial charge is 0.326 e. The van der Waals surface area contributed by atoms with E-state index in [-0.39, 0.29) is 24.1 Å². The molecule has 2 heterocycles. The van der Waals surface area contributed by atoms with Gasteiger partial charge in [-0.25, -0.2) is 13.5 Å². The van der Waals surface area contributed by atoms with Crippen LogP contribution in [0.2, 0.25) is 0 Å². The number of rotatable bonds is 3. The summed E-state index contributed by atoms with van der Waals surface area (Å²) in [4.78, 5) is 2.22. The smallest absolute Gasteiger partial charge is 0.151 e. The zero-order valence-corrected chi connectivity index (χ0v) is 12.2. The molecule has 0 saturated carbocycles. The summed E-state index contributed by atoms with van der Waals surface area (Å²) in [7, 11) is 0. The van der Waals surface area contributed by atoms with Crippen molar-refractivity contribution in [3.8, 4) is 5.69 Å². The normalized spacial score (nSPS) is 18.7. The van der Waals surface area contributed by atoms with Gasteiger partial charge in [-0.15, -0.1) is 12.4 Å². The van der Waals surface area contributed by atoms with Gasteiger partial charge in [0.1, 0.15) is 11.5 Å². The monoisotopic (exact) mass is 314 g/mol. The van der Waals surface area contributed by atoms with Crippen molar-refractivity contribution in [2.24, 2.45) is 5.73 Å². The van der Waals surface area contributed by atoms with Gasteiger partial charge in [-0.3, -0.25) is 4.90 Å². The first kappa shape index (κ1) is 15.9. The molecule has 4 nitrogen and oxygen atoms in total. The second-order valence-electron chi connectivity index (χ2n) is 5.13. The van der Waals surface area contributed by atoms with Crippen LogP contribution < -0.4 is 5.73 Å². The molecule has 0 spiro atoms. The Morgan fingerprint density at radius 2 is 2.10 bits per heavy atom. The summed E-state index contributed by atoms with van der Waals surface area (Å²) >= 11 is 0. The lowest BCUT2D eigenvalue weighted by Crippen LogP contribution is -2.26. The van der Waals surface area contributed by atoms with Crippen LogP contribution in [0.5, 0.6) is 0 Å². The Kier molecular flexibility index (Phi) is 4.92. The molecular formula is C14H17ClF2N4. The molecule has 2 aromatic rings. The van der Waals surface area contributed by atoms with Gasteiger partial charge in [0.2, 0.25) is 0 Å². The Balaban J connectivity index is 0.00000161. The number of nitrogens with zero attached hydrogens (tertiary/aromatic N) is 3. The molecule has 3 rings (SSSR count). The molecule has 1 aromatic carbocycles. The first-order chi connectivity index (χ1) is 9.61. The third-order valence-electron chi connectivity index (χ3n) is 3.50. The molecule has 1 aromatic heterocycles. The van der Waals surface area contributed by atoms with Crippen molar-refractivity contribution in [1.82, 2.24) is 14.7 Å². The molecule has 1 aliphatic heterocycles. The summed E-state index contributed by atoms with van der Waals surface area (Å²) in [6, 6.07) is 5.53. The van der Waals surface area contributed by atoms with E-state index >= 15 is 0 Å². The van der Waals surface area contributed by atoms with Gasteiger partial charge in [0.25, 0.3) is 0 Å². The molecular weight excluding hydrogens is 298 g/mol. The maximum Gasteiger partial charge on any atom is 0.151 e. The summed E-state index contributed by atoms with van der Waals surface area (Å²) in [5.74, 6) is -1.22. The average Bonchev–Trinajstić information content (AvgIpc) is 2.99. The highest BCUT2D eigenvalue weighted by Crippen LogP contribution is 2.16. The van der Waals surface area contributed by atoms with Crippen molar-refractivity contribution < 1.29 is 8.78 Å². The zero-order valence-electron chi connectivity index (χ0n) is 11.4. The lowest BCUT2D eigenvalue weighted by Gasteiger charge is -2.12. The molecule has 0 bridgehead atoms. The van der Waals surface area contributed by atoms with E-state index in [0.717, 1.165) is 31.3 Å². The highest BCUT2D eigenvalue weighted by Gasteiger charge is 2.19. The van der Waals surface area contributed by atoms with E-state index in [1.54, 1.807) is 6.20 Å². The quantitative estimate of drug-likeness (QED) is 0.944. The van der Waals surface area contributed by atoms with Crippen LogP contribution in [0, 0.1) is 11.6 Å². The number of halogens is 3. The second-order valence-corrected chi connectivity index (χ2v) is 5.13. The maximum absolute atomic E-state index is 13.7. The zero-order chi connectivity index (χ0) is 14.1. The number of hydrogen-bond donors (Lipinski definition) is 1. The van der Waals surface area contributed by atoms with Crippen LogP contribution in [0.4, 0.5) is 8.78 Å². The fraction of sp³-hybridized carbons (Fsp3) is 0.357. The number of nitrogens with two attached hydrogens (primary N) is 1. The molecule has 1 aliphatic rings. The fourth-order valence-corrected chi connectivity index (χ4v) is 2.48. The van der Waals surface area contributed by atoms with E-state index in [4.69, 9.17) is 5.73 Å². The SMILES string of the molecule is Cl.N[C@@H]1CCN(Cc2ccn(-c3ccc(F)cc3F)n2)C1. The standard InChI is InChI=1S/C14H16F2N4.ClH/c15-10-1-2-14(13(16)7-10)20-6-4-12(18-20)9-19-5-3-11(17)8-19;/h1-2,4,6-7,11H,3,5,8-9,17H2;1H/t11-;/m1./s1. The predicted molar refractivity (Wildman–Crippen MR) is 78.6 cm³/mol. The van der Waals surface area contributed by atoms with Gasteiger partial charge in [0.05, 0.1) is 5.69 Å². The van der Waals surface area contributed by atoms with Crippen LogP contribution in [0.25, 0.3) is 5.69 Å². The lowest BCUT2D eigenvalue weighted by molar-refractivity contribution is 0.322. The molecule has 0 aliphatic carbocycles.